The molecule has 0 amide bonds. The summed E-state index contributed by atoms with van der Waals surface area (Å²) in [6.07, 6.45) is 3.07. The lowest BCUT2D eigenvalue weighted by Crippen LogP contribution is -2.17. The van der Waals surface area contributed by atoms with Crippen LogP contribution in [0.4, 0.5) is 0 Å². The van der Waals surface area contributed by atoms with E-state index in [0.717, 1.165) is 34.3 Å². The van der Waals surface area contributed by atoms with Gasteiger partial charge in [0.05, 0.1) is 6.10 Å². The highest BCUT2D eigenvalue weighted by molar-refractivity contribution is 7.51. The van der Waals surface area contributed by atoms with E-state index < -0.39 is 13.9 Å². The fourth-order valence-electron chi connectivity index (χ4n) is 3.70. The molecular formula is C23H27O5P. The second-order valence-corrected chi connectivity index (χ2v) is 9.20. The molecule has 0 bridgehead atoms. The van der Waals surface area contributed by atoms with Gasteiger partial charge in [0.15, 0.2) is 0 Å². The average Bonchev–Trinajstić information content (AvgIpc) is 2.66. The summed E-state index contributed by atoms with van der Waals surface area (Å²) >= 11 is 0. The van der Waals surface area contributed by atoms with Crippen LogP contribution in [0.5, 0.6) is 5.75 Å². The van der Waals surface area contributed by atoms with E-state index in [0.29, 0.717) is 18.6 Å². The first-order valence-electron chi connectivity index (χ1n) is 9.59. The second kappa shape index (κ2) is 9.10. The Bertz CT molecular complexity index is 972. The summed E-state index contributed by atoms with van der Waals surface area (Å²) in [7, 11) is -4.17. The maximum absolute atomic E-state index is 11.0. The lowest BCUT2D eigenvalue weighted by atomic mass is 9.86. The Morgan fingerprint density at radius 1 is 1.03 bits per heavy atom. The van der Waals surface area contributed by atoms with Gasteiger partial charge in [-0.25, -0.2) is 0 Å². The monoisotopic (exact) mass is 414 g/mol. The van der Waals surface area contributed by atoms with Crippen LogP contribution in [0.2, 0.25) is 0 Å². The van der Waals surface area contributed by atoms with Gasteiger partial charge in [0.2, 0.25) is 0 Å². The summed E-state index contributed by atoms with van der Waals surface area (Å²) < 4.78 is 16.4. The predicted molar refractivity (Wildman–Crippen MR) is 114 cm³/mol. The maximum Gasteiger partial charge on any atom is 0.351 e. The van der Waals surface area contributed by atoms with E-state index in [1.54, 1.807) is 6.07 Å². The zero-order valence-electron chi connectivity index (χ0n) is 16.7. The number of rotatable bonds is 7. The average molecular weight is 414 g/mol. The Balaban J connectivity index is 1.73. The molecule has 0 saturated carbocycles. The summed E-state index contributed by atoms with van der Waals surface area (Å²) in [5, 5.41) is 10.3. The smallest absolute Gasteiger partial charge is 0.351 e. The van der Waals surface area contributed by atoms with Crippen molar-refractivity contribution in [2.75, 3.05) is 6.35 Å². The van der Waals surface area contributed by atoms with Crippen LogP contribution in [0.1, 0.15) is 37.0 Å². The molecule has 0 radical (unpaired) electrons. The molecule has 1 atom stereocenters. The zero-order valence-corrected chi connectivity index (χ0v) is 17.6. The molecule has 6 heteroatoms. The summed E-state index contributed by atoms with van der Waals surface area (Å²) in [5.74, 6) is 0.296. The highest BCUT2D eigenvalue weighted by atomic mass is 31.2. The first-order chi connectivity index (χ1) is 13.7. The molecule has 0 heterocycles. The molecule has 29 heavy (non-hydrogen) atoms. The number of phenolic OH excluding ortho intramolecular Hbond substituents is 1. The summed E-state index contributed by atoms with van der Waals surface area (Å²) in [6, 6.07) is 15.8. The summed E-state index contributed by atoms with van der Waals surface area (Å²) in [4.78, 5) is 18.0. The molecular weight excluding hydrogens is 387 g/mol. The van der Waals surface area contributed by atoms with E-state index in [1.165, 1.54) is 5.57 Å². The Labute approximate surface area is 171 Å². The van der Waals surface area contributed by atoms with Crippen LogP contribution in [0.25, 0.3) is 0 Å². The van der Waals surface area contributed by atoms with Crippen molar-refractivity contribution in [2.45, 2.75) is 39.2 Å². The van der Waals surface area contributed by atoms with E-state index in [-0.39, 0.29) is 6.10 Å². The Hall–Kier alpha value is -2.17. The second-order valence-electron chi connectivity index (χ2n) is 7.61. The van der Waals surface area contributed by atoms with Gasteiger partial charge in [-0.15, -0.1) is 0 Å². The molecule has 0 spiro atoms. The van der Waals surface area contributed by atoms with Crippen molar-refractivity contribution in [1.29, 1.82) is 0 Å². The molecule has 3 N–H and O–H groups in total. The van der Waals surface area contributed by atoms with Crippen LogP contribution in [0.3, 0.4) is 0 Å². The van der Waals surface area contributed by atoms with Crippen molar-refractivity contribution in [2.24, 2.45) is 0 Å². The van der Waals surface area contributed by atoms with E-state index in [9.17, 15) is 9.67 Å². The SMILES string of the molecule is CC1=CC(OCP(=O)(O)O)CC(C)=C1Cc1ccc(O)c(Cc2ccccc2)c1. The fourth-order valence-corrected chi connectivity index (χ4v) is 4.09. The molecule has 2 aromatic carbocycles. The third-order valence-corrected chi connectivity index (χ3v) is 5.64. The van der Waals surface area contributed by atoms with Gasteiger partial charge in [0.1, 0.15) is 12.1 Å². The minimum Gasteiger partial charge on any atom is -0.508 e. The molecule has 1 aliphatic carbocycles. The molecule has 1 unspecified atom stereocenters. The number of hydrogen-bond acceptors (Lipinski definition) is 3. The van der Waals surface area contributed by atoms with Crippen LogP contribution < -0.4 is 0 Å². The molecule has 5 nitrogen and oxygen atoms in total. The summed E-state index contributed by atoms with van der Waals surface area (Å²) in [5.41, 5.74) is 6.57. The summed E-state index contributed by atoms with van der Waals surface area (Å²) in [6.45, 7) is 4.03. The topological polar surface area (TPSA) is 87.0 Å². The minimum atomic E-state index is -4.17. The van der Waals surface area contributed by atoms with Crippen molar-refractivity contribution in [1.82, 2.24) is 0 Å². The fraction of sp³-hybridized carbons (Fsp3) is 0.304. The standard InChI is InChI=1S/C23H27O5P/c1-16-10-21(28-15-29(25,26)27)11-17(2)22(16)14-19-8-9-23(24)20(13-19)12-18-6-4-3-5-7-18/h3-10,13,21,24H,11-12,14-15H2,1-2H3,(H2,25,26,27). The normalized spacial score (nSPS) is 17.4. The number of phenols is 1. The van der Waals surface area contributed by atoms with Gasteiger partial charge in [0, 0.05) is 6.42 Å². The lowest BCUT2D eigenvalue weighted by molar-refractivity contribution is 0.106. The molecule has 3 rings (SSSR count). The maximum atomic E-state index is 11.0. The largest absolute Gasteiger partial charge is 0.508 e. The van der Waals surface area contributed by atoms with Gasteiger partial charge in [-0.05, 0) is 60.6 Å². The lowest BCUT2D eigenvalue weighted by Gasteiger charge is -2.25. The van der Waals surface area contributed by atoms with Gasteiger partial charge in [0.25, 0.3) is 0 Å². The van der Waals surface area contributed by atoms with Crippen molar-refractivity contribution >= 4 is 7.60 Å². The highest BCUT2D eigenvalue weighted by Gasteiger charge is 2.22. The van der Waals surface area contributed by atoms with Gasteiger partial charge in [-0.2, -0.15) is 0 Å². The predicted octanol–water partition coefficient (Wildman–Crippen LogP) is 4.71. The highest BCUT2D eigenvalue weighted by Crippen LogP contribution is 2.37. The number of ether oxygens (including phenoxy) is 1. The molecule has 2 aromatic rings. The Kier molecular flexibility index (Phi) is 6.76. The van der Waals surface area contributed by atoms with Crippen LogP contribution in [-0.4, -0.2) is 27.3 Å². The minimum absolute atomic E-state index is 0.296. The van der Waals surface area contributed by atoms with E-state index in [1.807, 2.05) is 62.4 Å². The molecule has 0 aromatic heterocycles. The van der Waals surface area contributed by atoms with E-state index in [2.05, 4.69) is 0 Å². The number of benzene rings is 2. The molecule has 154 valence electrons. The number of allylic oxidation sites excluding steroid dienone is 2. The third kappa shape index (κ3) is 6.15. The molecule has 1 aliphatic rings. The molecule has 0 aliphatic heterocycles. The first-order valence-corrected chi connectivity index (χ1v) is 11.4. The van der Waals surface area contributed by atoms with E-state index in [4.69, 9.17) is 14.5 Å². The van der Waals surface area contributed by atoms with E-state index >= 15 is 0 Å². The Morgan fingerprint density at radius 2 is 1.76 bits per heavy atom. The van der Waals surface area contributed by atoms with Gasteiger partial charge < -0.3 is 19.6 Å². The van der Waals surface area contributed by atoms with Crippen LogP contribution in [0.15, 0.2) is 71.3 Å². The van der Waals surface area contributed by atoms with Crippen LogP contribution in [0, 0.1) is 0 Å². The number of aromatic hydroxyl groups is 1. The van der Waals surface area contributed by atoms with Gasteiger partial charge in [-0.3, -0.25) is 4.57 Å². The van der Waals surface area contributed by atoms with Crippen LogP contribution >= 0.6 is 7.60 Å². The van der Waals surface area contributed by atoms with Crippen molar-refractivity contribution < 1.29 is 24.2 Å². The quantitative estimate of drug-likeness (QED) is 0.571. The van der Waals surface area contributed by atoms with Crippen molar-refractivity contribution in [3.05, 3.63) is 88.0 Å². The van der Waals surface area contributed by atoms with Crippen molar-refractivity contribution in [3.63, 3.8) is 0 Å². The zero-order chi connectivity index (χ0) is 21.0. The van der Waals surface area contributed by atoms with Crippen molar-refractivity contribution in [3.8, 4) is 5.75 Å². The van der Waals surface area contributed by atoms with Gasteiger partial charge in [-0.1, -0.05) is 54.1 Å². The first kappa shape index (κ1) is 21.5. The number of hydrogen-bond donors (Lipinski definition) is 3. The molecule has 0 fully saturated rings. The molecule has 0 saturated heterocycles. The Morgan fingerprint density at radius 3 is 2.41 bits per heavy atom. The van der Waals surface area contributed by atoms with Gasteiger partial charge >= 0.3 is 7.60 Å². The third-order valence-electron chi connectivity index (χ3n) is 5.15. The van der Waals surface area contributed by atoms with Crippen LogP contribution in [-0.2, 0) is 22.1 Å².